The topological polar surface area (TPSA) is 92.4 Å². The molecule has 0 fully saturated rings. The van der Waals surface area contributed by atoms with Crippen LogP contribution in [0.3, 0.4) is 0 Å². The van der Waals surface area contributed by atoms with Crippen molar-refractivity contribution >= 4 is 27.8 Å². The van der Waals surface area contributed by atoms with E-state index >= 15 is 0 Å². The number of aromatic carboxylic acids is 1. The quantitative estimate of drug-likeness (QED) is 0.898. The number of carboxylic acid groups (broad SMARTS) is 1. The molecule has 0 radical (unpaired) electrons. The van der Waals surface area contributed by atoms with Gasteiger partial charge in [-0.25, -0.2) is 4.79 Å². The molecule has 0 aliphatic heterocycles. The van der Waals surface area contributed by atoms with E-state index in [9.17, 15) is 9.59 Å². The molecule has 0 aliphatic rings. The zero-order chi connectivity index (χ0) is 13.8. The molecule has 7 heteroatoms. The SMILES string of the molecule is O=C(O)c1ccnc(CNC(=O)c2ccoc2Br)c1. The van der Waals surface area contributed by atoms with Crippen molar-refractivity contribution in [3.8, 4) is 0 Å². The summed E-state index contributed by atoms with van der Waals surface area (Å²) in [6.07, 6.45) is 2.78. The Kier molecular flexibility index (Phi) is 3.96. The lowest BCUT2D eigenvalue weighted by molar-refractivity contribution is 0.0696. The normalized spacial score (nSPS) is 10.2. The van der Waals surface area contributed by atoms with Gasteiger partial charge in [0.15, 0.2) is 4.67 Å². The largest absolute Gasteiger partial charge is 0.478 e. The number of pyridine rings is 1. The van der Waals surface area contributed by atoms with Gasteiger partial charge in [-0.05, 0) is 34.1 Å². The average Bonchev–Trinajstić information content (AvgIpc) is 2.82. The number of carbonyl (C=O) groups excluding carboxylic acids is 1. The van der Waals surface area contributed by atoms with E-state index in [2.05, 4.69) is 26.2 Å². The number of nitrogens with one attached hydrogen (secondary N) is 1. The second-order valence-electron chi connectivity index (χ2n) is 3.63. The second kappa shape index (κ2) is 5.66. The Morgan fingerprint density at radius 3 is 2.84 bits per heavy atom. The fourth-order valence-electron chi connectivity index (χ4n) is 1.43. The van der Waals surface area contributed by atoms with Crippen LogP contribution in [0, 0.1) is 0 Å². The molecule has 0 aliphatic carbocycles. The molecular weight excluding hydrogens is 316 g/mol. The van der Waals surface area contributed by atoms with E-state index in [4.69, 9.17) is 9.52 Å². The highest BCUT2D eigenvalue weighted by molar-refractivity contribution is 9.10. The van der Waals surface area contributed by atoms with Crippen LogP contribution in [0.4, 0.5) is 0 Å². The molecule has 0 unspecified atom stereocenters. The van der Waals surface area contributed by atoms with Gasteiger partial charge in [-0.1, -0.05) is 0 Å². The van der Waals surface area contributed by atoms with Crippen LogP contribution in [0.1, 0.15) is 26.4 Å². The Balaban J connectivity index is 2.03. The molecule has 0 aromatic carbocycles. The summed E-state index contributed by atoms with van der Waals surface area (Å²) < 4.78 is 5.30. The molecule has 0 bridgehead atoms. The summed E-state index contributed by atoms with van der Waals surface area (Å²) in [4.78, 5) is 26.5. The van der Waals surface area contributed by atoms with Crippen molar-refractivity contribution in [1.82, 2.24) is 10.3 Å². The molecule has 2 rings (SSSR count). The van der Waals surface area contributed by atoms with Crippen molar-refractivity contribution in [2.75, 3.05) is 0 Å². The molecule has 0 saturated carbocycles. The van der Waals surface area contributed by atoms with Gasteiger partial charge in [0.05, 0.1) is 29.6 Å². The summed E-state index contributed by atoms with van der Waals surface area (Å²) in [5, 5.41) is 11.5. The Hall–Kier alpha value is -2.15. The van der Waals surface area contributed by atoms with E-state index in [0.29, 0.717) is 15.9 Å². The lowest BCUT2D eigenvalue weighted by atomic mass is 10.2. The molecule has 2 aromatic heterocycles. The summed E-state index contributed by atoms with van der Waals surface area (Å²) in [6.45, 7) is 0.136. The molecule has 2 aromatic rings. The average molecular weight is 325 g/mol. The van der Waals surface area contributed by atoms with Crippen LogP contribution < -0.4 is 5.32 Å². The van der Waals surface area contributed by atoms with Crippen LogP contribution in [0.25, 0.3) is 0 Å². The predicted molar refractivity (Wildman–Crippen MR) is 68.8 cm³/mol. The van der Waals surface area contributed by atoms with Crippen molar-refractivity contribution < 1.29 is 19.1 Å². The number of furan rings is 1. The number of hydrogen-bond acceptors (Lipinski definition) is 4. The molecule has 0 atom stereocenters. The van der Waals surface area contributed by atoms with Gasteiger partial charge >= 0.3 is 5.97 Å². The second-order valence-corrected chi connectivity index (χ2v) is 4.35. The summed E-state index contributed by atoms with van der Waals surface area (Å²) in [6, 6.07) is 4.33. The van der Waals surface area contributed by atoms with E-state index in [1.165, 1.54) is 30.7 Å². The third kappa shape index (κ3) is 3.19. The summed E-state index contributed by atoms with van der Waals surface area (Å²) in [5.74, 6) is -1.37. The minimum Gasteiger partial charge on any atom is -0.478 e. The van der Waals surface area contributed by atoms with E-state index < -0.39 is 5.97 Å². The monoisotopic (exact) mass is 324 g/mol. The Morgan fingerprint density at radius 1 is 1.42 bits per heavy atom. The molecule has 2 N–H and O–H groups in total. The number of halogens is 1. The minimum absolute atomic E-state index is 0.128. The highest BCUT2D eigenvalue weighted by atomic mass is 79.9. The highest BCUT2D eigenvalue weighted by Gasteiger charge is 2.12. The van der Waals surface area contributed by atoms with Gasteiger partial charge in [0.1, 0.15) is 0 Å². The Bertz CT molecular complexity index is 624. The van der Waals surface area contributed by atoms with Crippen LogP contribution in [-0.4, -0.2) is 22.0 Å². The van der Waals surface area contributed by atoms with Crippen LogP contribution >= 0.6 is 15.9 Å². The van der Waals surface area contributed by atoms with Crippen molar-refractivity contribution in [3.63, 3.8) is 0 Å². The Morgan fingerprint density at radius 2 is 2.21 bits per heavy atom. The van der Waals surface area contributed by atoms with E-state index in [1.54, 1.807) is 0 Å². The van der Waals surface area contributed by atoms with Gasteiger partial charge in [-0.3, -0.25) is 9.78 Å². The summed E-state index contributed by atoms with van der Waals surface area (Å²) >= 11 is 3.10. The number of aromatic nitrogens is 1. The van der Waals surface area contributed by atoms with Gasteiger partial charge in [-0.15, -0.1) is 0 Å². The molecule has 6 nitrogen and oxygen atoms in total. The fourth-order valence-corrected chi connectivity index (χ4v) is 1.85. The molecule has 98 valence electrons. The van der Waals surface area contributed by atoms with Crippen LogP contribution in [0.15, 0.2) is 39.7 Å². The van der Waals surface area contributed by atoms with Gasteiger partial charge < -0.3 is 14.8 Å². The highest BCUT2D eigenvalue weighted by Crippen LogP contribution is 2.17. The van der Waals surface area contributed by atoms with Gasteiger partial charge in [0.25, 0.3) is 5.91 Å². The van der Waals surface area contributed by atoms with E-state index in [-0.39, 0.29) is 18.0 Å². The van der Waals surface area contributed by atoms with Gasteiger partial charge in [0, 0.05) is 6.20 Å². The molecule has 2 heterocycles. The number of amides is 1. The van der Waals surface area contributed by atoms with Crippen LogP contribution in [0.2, 0.25) is 0 Å². The van der Waals surface area contributed by atoms with Crippen LogP contribution in [-0.2, 0) is 6.54 Å². The maximum absolute atomic E-state index is 11.8. The first-order valence-corrected chi connectivity index (χ1v) is 6.06. The van der Waals surface area contributed by atoms with E-state index in [0.717, 1.165) is 0 Å². The number of rotatable bonds is 4. The van der Waals surface area contributed by atoms with Crippen LogP contribution in [0.5, 0.6) is 0 Å². The van der Waals surface area contributed by atoms with Crippen molar-refractivity contribution in [1.29, 1.82) is 0 Å². The van der Waals surface area contributed by atoms with Crippen molar-refractivity contribution in [3.05, 3.63) is 52.1 Å². The standard InChI is InChI=1S/C12H9BrN2O4/c13-10-9(2-4-19-10)11(16)15-6-8-5-7(12(17)18)1-3-14-8/h1-5H,6H2,(H,15,16)(H,17,18). The lowest BCUT2D eigenvalue weighted by Crippen LogP contribution is -2.23. The predicted octanol–water partition coefficient (Wildman–Crippen LogP) is 2.07. The zero-order valence-electron chi connectivity index (χ0n) is 9.59. The maximum atomic E-state index is 11.8. The van der Waals surface area contributed by atoms with Gasteiger partial charge in [0.2, 0.25) is 0 Å². The number of nitrogens with zero attached hydrogens (tertiary/aromatic N) is 1. The third-order valence-corrected chi connectivity index (χ3v) is 2.97. The first kappa shape index (κ1) is 13.3. The fraction of sp³-hybridized carbons (Fsp3) is 0.0833. The van der Waals surface area contributed by atoms with Crippen molar-refractivity contribution in [2.45, 2.75) is 6.54 Å². The minimum atomic E-state index is -1.03. The van der Waals surface area contributed by atoms with Crippen molar-refractivity contribution in [2.24, 2.45) is 0 Å². The zero-order valence-corrected chi connectivity index (χ0v) is 11.2. The number of hydrogen-bond donors (Lipinski definition) is 2. The number of carbonyl (C=O) groups is 2. The number of carboxylic acids is 1. The van der Waals surface area contributed by atoms with Gasteiger partial charge in [-0.2, -0.15) is 0 Å². The smallest absolute Gasteiger partial charge is 0.335 e. The maximum Gasteiger partial charge on any atom is 0.335 e. The van der Waals surface area contributed by atoms with E-state index in [1.807, 2.05) is 0 Å². The Labute approximate surface area is 116 Å². The third-order valence-electron chi connectivity index (χ3n) is 2.36. The first-order valence-electron chi connectivity index (χ1n) is 5.27. The molecule has 0 spiro atoms. The summed E-state index contributed by atoms with van der Waals surface area (Å²) in [7, 11) is 0. The molecule has 1 amide bonds. The summed E-state index contributed by atoms with van der Waals surface area (Å²) in [5.41, 5.74) is 0.964. The first-order chi connectivity index (χ1) is 9.08. The molecule has 0 saturated heterocycles. The molecular formula is C12H9BrN2O4. The lowest BCUT2D eigenvalue weighted by Gasteiger charge is -2.04. The molecule has 19 heavy (non-hydrogen) atoms.